The fourth-order valence-electron chi connectivity index (χ4n) is 1.70. The van der Waals surface area contributed by atoms with Crippen LogP contribution in [0.5, 0.6) is 0 Å². The largest absolute Gasteiger partial charge is 0.303 e. The summed E-state index contributed by atoms with van der Waals surface area (Å²) >= 11 is 0. The number of hydrogen-bond donors (Lipinski definition) is 0. The summed E-state index contributed by atoms with van der Waals surface area (Å²) < 4.78 is 0. The van der Waals surface area contributed by atoms with E-state index in [1.807, 2.05) is 0 Å². The number of hydrogen-bond acceptors (Lipinski definition) is 1. The van der Waals surface area contributed by atoms with Crippen molar-refractivity contribution in [3.05, 3.63) is 12.2 Å². The van der Waals surface area contributed by atoms with Crippen LogP contribution in [-0.2, 0) is 0 Å². The van der Waals surface area contributed by atoms with Gasteiger partial charge in [-0.05, 0) is 52.2 Å². The van der Waals surface area contributed by atoms with Gasteiger partial charge in [-0.25, -0.2) is 0 Å². The molecule has 0 heterocycles. The van der Waals surface area contributed by atoms with Crippen LogP contribution in [0.25, 0.3) is 0 Å². The van der Waals surface area contributed by atoms with Gasteiger partial charge in [0.1, 0.15) is 0 Å². The van der Waals surface area contributed by atoms with Crippen molar-refractivity contribution in [1.29, 1.82) is 0 Å². The molecule has 90 valence electrons. The van der Waals surface area contributed by atoms with Gasteiger partial charge in [0.05, 0.1) is 0 Å². The number of allylic oxidation sites excluding steroid dienone is 2. The molecule has 0 saturated heterocycles. The minimum atomic E-state index is 1.24. The summed E-state index contributed by atoms with van der Waals surface area (Å²) in [5.41, 5.74) is 0. The van der Waals surface area contributed by atoms with E-state index in [0.29, 0.717) is 0 Å². The number of nitrogens with zero attached hydrogens (tertiary/aromatic N) is 1. The molecule has 0 fully saturated rings. The van der Waals surface area contributed by atoms with E-state index in [1.54, 1.807) is 0 Å². The van der Waals surface area contributed by atoms with Crippen LogP contribution in [0.2, 0.25) is 0 Å². The molecule has 0 aliphatic rings. The van der Waals surface area contributed by atoms with Crippen molar-refractivity contribution in [2.75, 3.05) is 19.6 Å². The maximum absolute atomic E-state index is 2.64. The highest BCUT2D eigenvalue weighted by molar-refractivity contribution is 4.77. The Hall–Kier alpha value is -0.300. The van der Waals surface area contributed by atoms with Crippen LogP contribution in [0.3, 0.4) is 0 Å². The SMILES string of the molecule is CC=CCCCN(CCCC)CCCC. The number of unbranched alkanes of at least 4 members (excludes halogenated alkanes) is 3. The molecule has 0 atom stereocenters. The summed E-state index contributed by atoms with van der Waals surface area (Å²) in [5.74, 6) is 0. The van der Waals surface area contributed by atoms with Crippen molar-refractivity contribution in [3.63, 3.8) is 0 Å². The normalized spacial score (nSPS) is 11.7. The van der Waals surface area contributed by atoms with Crippen LogP contribution in [0, 0.1) is 0 Å². The van der Waals surface area contributed by atoms with E-state index in [9.17, 15) is 0 Å². The van der Waals surface area contributed by atoms with Crippen molar-refractivity contribution in [2.24, 2.45) is 0 Å². The number of rotatable bonds is 10. The van der Waals surface area contributed by atoms with Gasteiger partial charge in [-0.2, -0.15) is 0 Å². The first-order valence-electron chi connectivity index (χ1n) is 6.68. The molecule has 0 unspecified atom stereocenters. The topological polar surface area (TPSA) is 3.24 Å². The monoisotopic (exact) mass is 211 g/mol. The first-order valence-corrected chi connectivity index (χ1v) is 6.68. The van der Waals surface area contributed by atoms with E-state index in [-0.39, 0.29) is 0 Å². The molecule has 1 heteroatoms. The van der Waals surface area contributed by atoms with Gasteiger partial charge in [0.2, 0.25) is 0 Å². The minimum Gasteiger partial charge on any atom is -0.303 e. The summed E-state index contributed by atoms with van der Waals surface area (Å²) in [6.45, 7) is 10.5. The van der Waals surface area contributed by atoms with Gasteiger partial charge < -0.3 is 4.90 Å². The zero-order chi connectivity index (χ0) is 11.4. The Kier molecular flexibility index (Phi) is 11.5. The molecule has 0 aromatic carbocycles. The summed E-state index contributed by atoms with van der Waals surface area (Å²) in [5, 5.41) is 0. The third kappa shape index (κ3) is 9.99. The maximum atomic E-state index is 2.64. The van der Waals surface area contributed by atoms with Crippen molar-refractivity contribution in [2.45, 2.75) is 59.3 Å². The van der Waals surface area contributed by atoms with Crippen LogP contribution in [0.1, 0.15) is 59.3 Å². The average Bonchev–Trinajstić information content (AvgIpc) is 2.27. The van der Waals surface area contributed by atoms with Gasteiger partial charge in [0.15, 0.2) is 0 Å². The van der Waals surface area contributed by atoms with Crippen LogP contribution < -0.4 is 0 Å². The second-order valence-corrected chi connectivity index (χ2v) is 4.26. The van der Waals surface area contributed by atoms with Crippen molar-refractivity contribution >= 4 is 0 Å². The first-order chi connectivity index (χ1) is 7.35. The van der Waals surface area contributed by atoms with Crippen molar-refractivity contribution < 1.29 is 0 Å². The molecular formula is C14H29N. The molecule has 0 aromatic heterocycles. The third-order valence-electron chi connectivity index (χ3n) is 2.74. The fraction of sp³-hybridized carbons (Fsp3) is 0.857. The van der Waals surface area contributed by atoms with Gasteiger partial charge in [-0.1, -0.05) is 38.8 Å². The summed E-state index contributed by atoms with van der Waals surface area (Å²) in [7, 11) is 0. The maximum Gasteiger partial charge on any atom is -0.00158 e. The molecule has 0 bridgehead atoms. The third-order valence-corrected chi connectivity index (χ3v) is 2.74. The molecule has 1 nitrogen and oxygen atoms in total. The molecule has 0 rings (SSSR count). The van der Waals surface area contributed by atoms with Gasteiger partial charge >= 0.3 is 0 Å². The molecule has 0 aliphatic heterocycles. The summed E-state index contributed by atoms with van der Waals surface area (Å²) in [4.78, 5) is 2.64. The van der Waals surface area contributed by atoms with E-state index in [1.165, 1.54) is 58.2 Å². The summed E-state index contributed by atoms with van der Waals surface area (Å²) in [6.07, 6.45) is 12.3. The second-order valence-electron chi connectivity index (χ2n) is 4.26. The Morgan fingerprint density at radius 2 is 1.40 bits per heavy atom. The van der Waals surface area contributed by atoms with E-state index in [0.717, 1.165) is 0 Å². The molecule has 0 N–H and O–H groups in total. The Morgan fingerprint density at radius 1 is 0.867 bits per heavy atom. The Balaban J connectivity index is 3.58. The molecule has 0 aliphatic carbocycles. The second kappa shape index (κ2) is 11.8. The first kappa shape index (κ1) is 14.7. The quantitative estimate of drug-likeness (QED) is 0.386. The molecule has 0 saturated carbocycles. The van der Waals surface area contributed by atoms with Gasteiger partial charge in [-0.15, -0.1) is 0 Å². The predicted molar refractivity (Wildman–Crippen MR) is 70.3 cm³/mol. The Bertz CT molecular complexity index is 132. The highest BCUT2D eigenvalue weighted by Crippen LogP contribution is 2.02. The van der Waals surface area contributed by atoms with Gasteiger partial charge in [0.25, 0.3) is 0 Å². The van der Waals surface area contributed by atoms with Gasteiger partial charge in [0, 0.05) is 0 Å². The lowest BCUT2D eigenvalue weighted by Crippen LogP contribution is -2.27. The van der Waals surface area contributed by atoms with Crippen LogP contribution in [0.15, 0.2) is 12.2 Å². The van der Waals surface area contributed by atoms with E-state index in [2.05, 4.69) is 37.8 Å². The zero-order valence-corrected chi connectivity index (χ0v) is 11.0. The lowest BCUT2D eigenvalue weighted by atomic mass is 10.2. The molecular weight excluding hydrogens is 182 g/mol. The van der Waals surface area contributed by atoms with Crippen molar-refractivity contribution in [1.82, 2.24) is 4.90 Å². The Morgan fingerprint density at radius 3 is 1.87 bits per heavy atom. The van der Waals surface area contributed by atoms with Crippen LogP contribution in [0.4, 0.5) is 0 Å². The standard InChI is InChI=1S/C14H29N/c1-4-7-10-11-14-15(12-8-5-2)13-9-6-3/h4,7H,5-6,8-14H2,1-3H3. The minimum absolute atomic E-state index is 1.24. The van der Waals surface area contributed by atoms with E-state index < -0.39 is 0 Å². The lowest BCUT2D eigenvalue weighted by molar-refractivity contribution is 0.263. The predicted octanol–water partition coefficient (Wildman–Crippen LogP) is 4.24. The summed E-state index contributed by atoms with van der Waals surface area (Å²) in [6, 6.07) is 0. The molecule has 15 heavy (non-hydrogen) atoms. The highest BCUT2D eigenvalue weighted by atomic mass is 15.1. The lowest BCUT2D eigenvalue weighted by Gasteiger charge is -2.21. The molecule has 0 radical (unpaired) electrons. The smallest absolute Gasteiger partial charge is 0.00158 e. The average molecular weight is 211 g/mol. The van der Waals surface area contributed by atoms with Gasteiger partial charge in [-0.3, -0.25) is 0 Å². The highest BCUT2D eigenvalue weighted by Gasteiger charge is 2.02. The fourth-order valence-corrected chi connectivity index (χ4v) is 1.70. The van der Waals surface area contributed by atoms with E-state index in [4.69, 9.17) is 0 Å². The Labute approximate surface area is 96.6 Å². The zero-order valence-electron chi connectivity index (χ0n) is 11.0. The van der Waals surface area contributed by atoms with Crippen LogP contribution in [-0.4, -0.2) is 24.5 Å². The van der Waals surface area contributed by atoms with E-state index >= 15 is 0 Å². The molecule has 0 amide bonds. The van der Waals surface area contributed by atoms with Crippen molar-refractivity contribution in [3.8, 4) is 0 Å². The molecule has 0 aromatic rings. The molecule has 0 spiro atoms. The van der Waals surface area contributed by atoms with Crippen LogP contribution >= 0.6 is 0 Å².